The van der Waals surface area contributed by atoms with Gasteiger partial charge in [0.1, 0.15) is 0 Å². The van der Waals surface area contributed by atoms with E-state index in [1.807, 2.05) is 18.0 Å². The fraction of sp³-hybridized carbons (Fsp3) is 0.652. The zero-order chi connectivity index (χ0) is 21.5. The number of likely N-dealkylation sites (N-methyl/N-ethyl adjacent to an activating group) is 1. The number of guanidine groups is 1. The van der Waals surface area contributed by atoms with Crippen molar-refractivity contribution in [2.75, 3.05) is 64.8 Å². The first kappa shape index (κ1) is 25.7. The number of hydrogen-bond donors (Lipinski definition) is 1. The maximum Gasteiger partial charge on any atom is 0.239 e. The van der Waals surface area contributed by atoms with Gasteiger partial charge in [0.05, 0.1) is 6.04 Å². The molecular formula is C23H39IN6O. The van der Waals surface area contributed by atoms with E-state index in [2.05, 4.69) is 70.2 Å². The Morgan fingerprint density at radius 1 is 1.03 bits per heavy atom. The Bertz CT molecular complexity index is 701. The minimum Gasteiger partial charge on any atom is -0.370 e. The normalized spacial score (nSPS) is 19.5. The van der Waals surface area contributed by atoms with Gasteiger partial charge in [0.2, 0.25) is 5.91 Å². The van der Waals surface area contributed by atoms with Crippen LogP contribution in [0.4, 0.5) is 5.69 Å². The highest BCUT2D eigenvalue weighted by molar-refractivity contribution is 14.0. The van der Waals surface area contributed by atoms with Crippen LogP contribution in [-0.2, 0) is 4.79 Å². The van der Waals surface area contributed by atoms with Gasteiger partial charge in [-0.15, -0.1) is 24.0 Å². The number of nitrogens with one attached hydrogen (secondary N) is 1. The first-order valence-electron chi connectivity index (χ1n) is 11.3. The van der Waals surface area contributed by atoms with Crippen LogP contribution in [-0.4, -0.2) is 98.6 Å². The lowest BCUT2D eigenvalue weighted by molar-refractivity contribution is -0.135. The van der Waals surface area contributed by atoms with Gasteiger partial charge in [-0.3, -0.25) is 14.7 Å². The minimum atomic E-state index is -0.0280. The summed E-state index contributed by atoms with van der Waals surface area (Å²) < 4.78 is 0. The Hall–Kier alpha value is -1.55. The van der Waals surface area contributed by atoms with E-state index in [1.165, 1.54) is 5.69 Å². The molecule has 1 aromatic rings. The highest BCUT2D eigenvalue weighted by Gasteiger charge is 2.30. The maximum absolute atomic E-state index is 12.7. The molecule has 1 N–H and O–H groups in total. The maximum atomic E-state index is 12.7. The number of halogens is 1. The van der Waals surface area contributed by atoms with Crippen molar-refractivity contribution in [1.82, 2.24) is 20.0 Å². The molecule has 1 aromatic carbocycles. The topological polar surface area (TPSA) is 54.4 Å². The summed E-state index contributed by atoms with van der Waals surface area (Å²) >= 11 is 0. The summed E-state index contributed by atoms with van der Waals surface area (Å²) in [7, 11) is 3.97. The number of amides is 1. The van der Waals surface area contributed by atoms with Crippen LogP contribution in [0, 0.1) is 0 Å². The molecule has 2 aliphatic heterocycles. The van der Waals surface area contributed by atoms with Crippen LogP contribution in [0.1, 0.15) is 26.7 Å². The van der Waals surface area contributed by atoms with Crippen molar-refractivity contribution in [2.24, 2.45) is 4.99 Å². The largest absolute Gasteiger partial charge is 0.370 e. The number of nitrogens with zero attached hydrogens (tertiary/aromatic N) is 5. The predicted molar refractivity (Wildman–Crippen MR) is 140 cm³/mol. The summed E-state index contributed by atoms with van der Waals surface area (Å²) in [4.78, 5) is 26.1. The average Bonchev–Trinajstić information content (AvgIpc) is 3.34. The third kappa shape index (κ3) is 6.71. The summed E-state index contributed by atoms with van der Waals surface area (Å²) in [6, 6.07) is 10.8. The van der Waals surface area contributed by atoms with E-state index in [0.29, 0.717) is 11.9 Å². The van der Waals surface area contributed by atoms with Crippen molar-refractivity contribution in [3.63, 3.8) is 0 Å². The third-order valence-corrected chi connectivity index (χ3v) is 6.53. The average molecular weight is 543 g/mol. The van der Waals surface area contributed by atoms with Crippen molar-refractivity contribution >= 4 is 41.5 Å². The van der Waals surface area contributed by atoms with Crippen LogP contribution in [0.15, 0.2) is 35.3 Å². The minimum absolute atomic E-state index is 0. The zero-order valence-corrected chi connectivity index (χ0v) is 21.8. The number of likely N-dealkylation sites (tertiary alicyclic amines) is 1. The van der Waals surface area contributed by atoms with Gasteiger partial charge in [0, 0.05) is 71.6 Å². The van der Waals surface area contributed by atoms with Crippen molar-refractivity contribution in [2.45, 2.75) is 38.8 Å². The van der Waals surface area contributed by atoms with Crippen molar-refractivity contribution in [3.05, 3.63) is 30.3 Å². The van der Waals surface area contributed by atoms with E-state index in [-0.39, 0.29) is 30.0 Å². The Kier molecular flexibility index (Phi) is 10.3. The van der Waals surface area contributed by atoms with Crippen LogP contribution < -0.4 is 10.2 Å². The Balaban J connectivity index is 0.00000341. The zero-order valence-electron chi connectivity index (χ0n) is 19.5. The molecule has 8 heteroatoms. The van der Waals surface area contributed by atoms with Crippen LogP contribution in [0.25, 0.3) is 0 Å². The summed E-state index contributed by atoms with van der Waals surface area (Å²) in [6.07, 6.45) is 2.29. The van der Waals surface area contributed by atoms with Crippen LogP contribution in [0.3, 0.4) is 0 Å². The second kappa shape index (κ2) is 12.5. The quantitative estimate of drug-likeness (QED) is 0.340. The van der Waals surface area contributed by atoms with E-state index in [9.17, 15) is 4.79 Å². The molecule has 0 aromatic heterocycles. The molecular weight excluding hydrogens is 503 g/mol. The van der Waals surface area contributed by atoms with Gasteiger partial charge in [-0.2, -0.15) is 0 Å². The number of rotatable bonds is 6. The first-order valence-corrected chi connectivity index (χ1v) is 11.3. The van der Waals surface area contributed by atoms with Crippen molar-refractivity contribution in [1.29, 1.82) is 0 Å². The SMILES string of the molecule is CN=C(NCC(C)N(C)c1ccccc1)N1CCN(C(C)C(=O)N2CCCC2)CC1.I. The molecule has 3 rings (SSSR count). The third-order valence-electron chi connectivity index (χ3n) is 6.53. The second-order valence-corrected chi connectivity index (χ2v) is 8.45. The molecule has 1 amide bonds. The molecule has 7 nitrogen and oxygen atoms in total. The summed E-state index contributed by atoms with van der Waals surface area (Å²) in [5.41, 5.74) is 1.21. The molecule has 0 spiro atoms. The van der Waals surface area contributed by atoms with Gasteiger partial charge in [0.25, 0.3) is 0 Å². The number of para-hydroxylation sites is 1. The highest BCUT2D eigenvalue weighted by atomic mass is 127. The number of piperazine rings is 1. The number of benzene rings is 1. The summed E-state index contributed by atoms with van der Waals surface area (Å²) in [5, 5.41) is 3.54. The number of carbonyl (C=O) groups excluding carboxylic acids is 1. The van der Waals surface area contributed by atoms with Gasteiger partial charge >= 0.3 is 0 Å². The van der Waals surface area contributed by atoms with Crippen LogP contribution in [0.5, 0.6) is 0 Å². The molecule has 2 saturated heterocycles. The Morgan fingerprint density at radius 3 is 2.23 bits per heavy atom. The molecule has 2 fully saturated rings. The van der Waals surface area contributed by atoms with Gasteiger partial charge in [-0.25, -0.2) is 0 Å². The molecule has 0 radical (unpaired) electrons. The monoisotopic (exact) mass is 542 g/mol. The van der Waals surface area contributed by atoms with Gasteiger partial charge in [0.15, 0.2) is 5.96 Å². The first-order chi connectivity index (χ1) is 14.5. The van der Waals surface area contributed by atoms with Crippen molar-refractivity contribution in [3.8, 4) is 0 Å². The molecule has 0 aliphatic carbocycles. The Labute approximate surface area is 204 Å². The molecule has 2 heterocycles. The van der Waals surface area contributed by atoms with Crippen LogP contribution >= 0.6 is 24.0 Å². The lowest BCUT2D eigenvalue weighted by atomic mass is 10.2. The molecule has 2 atom stereocenters. The van der Waals surface area contributed by atoms with E-state index in [0.717, 1.165) is 64.6 Å². The summed E-state index contributed by atoms with van der Waals surface area (Å²) in [6.45, 7) is 10.5. The van der Waals surface area contributed by atoms with Gasteiger partial charge < -0.3 is 20.0 Å². The van der Waals surface area contributed by atoms with Crippen molar-refractivity contribution < 1.29 is 4.79 Å². The van der Waals surface area contributed by atoms with E-state index >= 15 is 0 Å². The number of carbonyl (C=O) groups is 1. The Morgan fingerprint density at radius 2 is 1.65 bits per heavy atom. The van der Waals surface area contributed by atoms with Gasteiger partial charge in [-0.1, -0.05) is 18.2 Å². The smallest absolute Gasteiger partial charge is 0.239 e. The second-order valence-electron chi connectivity index (χ2n) is 8.45. The lowest BCUT2D eigenvalue weighted by Crippen LogP contribution is -2.57. The van der Waals surface area contributed by atoms with E-state index in [4.69, 9.17) is 0 Å². The highest BCUT2D eigenvalue weighted by Crippen LogP contribution is 2.15. The molecule has 0 saturated carbocycles. The summed E-state index contributed by atoms with van der Waals surface area (Å²) in [5.74, 6) is 1.24. The molecule has 31 heavy (non-hydrogen) atoms. The van der Waals surface area contributed by atoms with Crippen LogP contribution in [0.2, 0.25) is 0 Å². The predicted octanol–water partition coefficient (Wildman–Crippen LogP) is 2.33. The number of hydrogen-bond acceptors (Lipinski definition) is 4. The molecule has 2 aliphatic rings. The standard InChI is InChI=1S/C23H38N6O.HI/c1-19(26(4)21-10-6-5-7-11-21)18-25-23(24-3)29-16-14-27(15-17-29)20(2)22(30)28-12-8-9-13-28;/h5-7,10-11,19-20H,8-9,12-18H2,1-4H3,(H,24,25);1H. The fourth-order valence-corrected chi connectivity index (χ4v) is 4.30. The molecule has 0 bridgehead atoms. The fourth-order valence-electron chi connectivity index (χ4n) is 4.30. The van der Waals surface area contributed by atoms with E-state index in [1.54, 1.807) is 0 Å². The molecule has 2 unspecified atom stereocenters. The van der Waals surface area contributed by atoms with Gasteiger partial charge in [-0.05, 0) is 38.8 Å². The lowest BCUT2D eigenvalue weighted by Gasteiger charge is -2.40. The number of anilines is 1. The molecule has 174 valence electrons. The van der Waals surface area contributed by atoms with E-state index < -0.39 is 0 Å². The number of aliphatic imine (C=N–C) groups is 1.